The fourth-order valence-corrected chi connectivity index (χ4v) is 2.53. The van der Waals surface area contributed by atoms with E-state index in [1.807, 2.05) is 25.1 Å². The molecule has 0 bridgehead atoms. The zero-order chi connectivity index (χ0) is 13.8. The van der Waals surface area contributed by atoms with Gasteiger partial charge in [0.15, 0.2) is 0 Å². The molecular weight excluding hydrogens is 234 g/mol. The smallest absolute Gasteiger partial charge is 0.0792 e. The summed E-state index contributed by atoms with van der Waals surface area (Å²) in [5, 5.41) is 11.5. The summed E-state index contributed by atoms with van der Waals surface area (Å²) in [6.45, 7) is 6.37. The zero-order valence-electron chi connectivity index (χ0n) is 12.1. The SMILES string of the molecule is CCC(CC)CC(O)c1ccc2nc(C)ccc2c1. The number of hydrogen-bond donors (Lipinski definition) is 1. The number of hydrogen-bond acceptors (Lipinski definition) is 2. The Kier molecular flexibility index (Phi) is 4.54. The molecule has 2 rings (SSSR count). The van der Waals surface area contributed by atoms with Gasteiger partial charge in [0.1, 0.15) is 0 Å². The van der Waals surface area contributed by atoms with E-state index in [9.17, 15) is 5.11 Å². The predicted octanol–water partition coefficient (Wildman–Crippen LogP) is 4.40. The topological polar surface area (TPSA) is 33.1 Å². The van der Waals surface area contributed by atoms with Gasteiger partial charge < -0.3 is 5.11 Å². The van der Waals surface area contributed by atoms with E-state index in [4.69, 9.17) is 0 Å². The second-order valence-electron chi connectivity index (χ2n) is 5.34. The summed E-state index contributed by atoms with van der Waals surface area (Å²) in [5.74, 6) is 0.599. The maximum atomic E-state index is 10.3. The molecule has 0 spiro atoms. The Hall–Kier alpha value is -1.41. The van der Waals surface area contributed by atoms with Crippen LogP contribution in [0.3, 0.4) is 0 Å². The van der Waals surface area contributed by atoms with E-state index < -0.39 is 0 Å². The van der Waals surface area contributed by atoms with Crippen molar-refractivity contribution in [3.63, 3.8) is 0 Å². The van der Waals surface area contributed by atoms with Crippen molar-refractivity contribution in [2.24, 2.45) is 5.92 Å². The monoisotopic (exact) mass is 257 g/mol. The van der Waals surface area contributed by atoms with Gasteiger partial charge in [0.25, 0.3) is 0 Å². The van der Waals surface area contributed by atoms with Crippen molar-refractivity contribution in [2.45, 2.75) is 46.1 Å². The molecule has 2 heteroatoms. The van der Waals surface area contributed by atoms with Crippen molar-refractivity contribution in [1.29, 1.82) is 0 Å². The van der Waals surface area contributed by atoms with Gasteiger partial charge in [0.2, 0.25) is 0 Å². The van der Waals surface area contributed by atoms with Gasteiger partial charge in [-0.05, 0) is 43.0 Å². The molecule has 19 heavy (non-hydrogen) atoms. The first kappa shape index (κ1) is 14.0. The minimum atomic E-state index is -0.365. The van der Waals surface area contributed by atoms with Crippen molar-refractivity contribution in [2.75, 3.05) is 0 Å². The number of aromatic nitrogens is 1. The Morgan fingerprint density at radius 1 is 1.11 bits per heavy atom. The van der Waals surface area contributed by atoms with Crippen LogP contribution in [0.4, 0.5) is 0 Å². The van der Waals surface area contributed by atoms with Crippen LogP contribution in [0.5, 0.6) is 0 Å². The Morgan fingerprint density at radius 2 is 1.84 bits per heavy atom. The molecule has 1 atom stereocenters. The normalized spacial score (nSPS) is 13.1. The van der Waals surface area contributed by atoms with E-state index in [-0.39, 0.29) is 6.10 Å². The van der Waals surface area contributed by atoms with E-state index in [2.05, 4.69) is 31.0 Å². The van der Waals surface area contributed by atoms with E-state index in [1.165, 1.54) is 0 Å². The Morgan fingerprint density at radius 3 is 2.53 bits per heavy atom. The van der Waals surface area contributed by atoms with E-state index >= 15 is 0 Å². The van der Waals surface area contributed by atoms with Crippen LogP contribution >= 0.6 is 0 Å². The molecule has 1 N–H and O–H groups in total. The Balaban J connectivity index is 2.23. The molecule has 0 saturated carbocycles. The second-order valence-corrected chi connectivity index (χ2v) is 5.34. The fourth-order valence-electron chi connectivity index (χ4n) is 2.53. The molecule has 1 heterocycles. The second kappa shape index (κ2) is 6.16. The number of nitrogens with zero attached hydrogens (tertiary/aromatic N) is 1. The van der Waals surface area contributed by atoms with Crippen LogP contribution in [-0.4, -0.2) is 10.1 Å². The first-order chi connectivity index (χ1) is 9.13. The molecule has 1 unspecified atom stereocenters. The average Bonchev–Trinajstić information content (AvgIpc) is 2.43. The minimum absolute atomic E-state index is 0.365. The van der Waals surface area contributed by atoms with Crippen molar-refractivity contribution in [1.82, 2.24) is 4.98 Å². The lowest BCUT2D eigenvalue weighted by Gasteiger charge is -2.18. The first-order valence-electron chi connectivity index (χ1n) is 7.19. The van der Waals surface area contributed by atoms with Gasteiger partial charge in [-0.2, -0.15) is 0 Å². The third kappa shape index (κ3) is 3.32. The third-order valence-corrected chi connectivity index (χ3v) is 3.95. The van der Waals surface area contributed by atoms with Gasteiger partial charge in [0, 0.05) is 11.1 Å². The molecule has 2 nitrogen and oxygen atoms in total. The van der Waals surface area contributed by atoms with Crippen LogP contribution in [0, 0.1) is 12.8 Å². The number of aliphatic hydroxyl groups excluding tert-OH is 1. The third-order valence-electron chi connectivity index (χ3n) is 3.95. The molecule has 0 aliphatic carbocycles. The standard InChI is InChI=1S/C17H23NO/c1-4-13(5-2)10-17(19)15-8-9-16-14(11-15)7-6-12(3)18-16/h6-9,11,13,17,19H,4-5,10H2,1-3H3. The molecule has 0 amide bonds. The van der Waals surface area contributed by atoms with Gasteiger partial charge in [-0.25, -0.2) is 0 Å². The van der Waals surface area contributed by atoms with Gasteiger partial charge in [-0.3, -0.25) is 4.98 Å². The molecule has 0 aliphatic heterocycles. The van der Waals surface area contributed by atoms with Crippen LogP contribution in [0.25, 0.3) is 10.9 Å². The molecule has 0 aliphatic rings. The van der Waals surface area contributed by atoms with Crippen LogP contribution in [0.15, 0.2) is 30.3 Å². The highest BCUT2D eigenvalue weighted by molar-refractivity contribution is 5.79. The summed E-state index contributed by atoms with van der Waals surface area (Å²) in [5.41, 5.74) is 3.03. The zero-order valence-corrected chi connectivity index (χ0v) is 12.1. The van der Waals surface area contributed by atoms with Gasteiger partial charge >= 0.3 is 0 Å². The average molecular weight is 257 g/mol. The van der Waals surface area contributed by atoms with Crippen molar-refractivity contribution in [3.05, 3.63) is 41.6 Å². The maximum Gasteiger partial charge on any atom is 0.0792 e. The van der Waals surface area contributed by atoms with Crippen LogP contribution in [0.1, 0.15) is 50.5 Å². The van der Waals surface area contributed by atoms with Crippen LogP contribution in [-0.2, 0) is 0 Å². The van der Waals surface area contributed by atoms with Crippen LogP contribution in [0.2, 0.25) is 0 Å². The number of pyridine rings is 1. The number of aryl methyl sites for hydroxylation is 1. The van der Waals surface area contributed by atoms with Gasteiger partial charge in [0.05, 0.1) is 11.6 Å². The lowest BCUT2D eigenvalue weighted by molar-refractivity contribution is 0.141. The highest BCUT2D eigenvalue weighted by Gasteiger charge is 2.13. The lowest BCUT2D eigenvalue weighted by atomic mass is 9.92. The Bertz CT molecular complexity index is 546. The summed E-state index contributed by atoms with van der Waals surface area (Å²) in [4.78, 5) is 4.49. The molecular formula is C17H23NO. The minimum Gasteiger partial charge on any atom is -0.388 e. The summed E-state index contributed by atoms with van der Waals surface area (Å²) < 4.78 is 0. The molecule has 0 radical (unpaired) electrons. The number of benzene rings is 1. The number of fused-ring (bicyclic) bond motifs is 1. The summed E-state index contributed by atoms with van der Waals surface area (Å²) in [6.07, 6.45) is 2.73. The summed E-state index contributed by atoms with van der Waals surface area (Å²) in [6, 6.07) is 10.2. The molecule has 102 valence electrons. The van der Waals surface area contributed by atoms with E-state index in [1.54, 1.807) is 0 Å². The first-order valence-corrected chi connectivity index (χ1v) is 7.19. The maximum absolute atomic E-state index is 10.3. The van der Waals surface area contributed by atoms with Gasteiger partial charge in [-0.15, -0.1) is 0 Å². The largest absolute Gasteiger partial charge is 0.388 e. The van der Waals surface area contributed by atoms with E-state index in [0.717, 1.165) is 41.4 Å². The molecule has 1 aromatic heterocycles. The van der Waals surface area contributed by atoms with E-state index in [0.29, 0.717) is 5.92 Å². The summed E-state index contributed by atoms with van der Waals surface area (Å²) >= 11 is 0. The summed E-state index contributed by atoms with van der Waals surface area (Å²) in [7, 11) is 0. The van der Waals surface area contributed by atoms with Gasteiger partial charge in [-0.1, -0.05) is 38.8 Å². The van der Waals surface area contributed by atoms with Crippen LogP contribution < -0.4 is 0 Å². The number of aliphatic hydroxyl groups is 1. The number of rotatable bonds is 5. The molecule has 2 aromatic rings. The fraction of sp³-hybridized carbons (Fsp3) is 0.471. The predicted molar refractivity (Wildman–Crippen MR) is 80.1 cm³/mol. The lowest BCUT2D eigenvalue weighted by Crippen LogP contribution is -2.06. The quantitative estimate of drug-likeness (QED) is 0.861. The van der Waals surface area contributed by atoms with Crippen molar-refractivity contribution in [3.8, 4) is 0 Å². The highest BCUT2D eigenvalue weighted by Crippen LogP contribution is 2.27. The van der Waals surface area contributed by atoms with Crippen molar-refractivity contribution < 1.29 is 5.11 Å². The Labute approximate surface area is 115 Å². The molecule has 1 aromatic carbocycles. The van der Waals surface area contributed by atoms with Crippen molar-refractivity contribution >= 4 is 10.9 Å². The molecule has 0 saturated heterocycles. The highest BCUT2D eigenvalue weighted by atomic mass is 16.3. The molecule has 0 fully saturated rings.